The van der Waals surface area contributed by atoms with E-state index in [0.29, 0.717) is 27.9 Å². The van der Waals surface area contributed by atoms with Gasteiger partial charge in [0.05, 0.1) is 36.2 Å². The van der Waals surface area contributed by atoms with E-state index in [9.17, 15) is 14.4 Å². The highest BCUT2D eigenvalue weighted by Gasteiger charge is 2.31. The van der Waals surface area contributed by atoms with Crippen LogP contribution in [0.2, 0.25) is 8.67 Å². The van der Waals surface area contributed by atoms with E-state index in [4.69, 9.17) is 32.7 Å². The Kier molecular flexibility index (Phi) is 5.95. The third-order valence-electron chi connectivity index (χ3n) is 4.01. The second-order valence-corrected chi connectivity index (χ2v) is 8.92. The van der Waals surface area contributed by atoms with Crippen LogP contribution < -0.4 is 5.32 Å². The van der Waals surface area contributed by atoms with Gasteiger partial charge < -0.3 is 19.7 Å². The Labute approximate surface area is 172 Å². The lowest BCUT2D eigenvalue weighted by Crippen LogP contribution is -2.35. The first kappa shape index (κ1) is 19.9. The number of amides is 2. The lowest BCUT2D eigenvalue weighted by atomic mass is 10.0. The largest absolute Gasteiger partial charge is 0.465 e. The van der Waals surface area contributed by atoms with Crippen LogP contribution in [0.15, 0.2) is 6.07 Å². The van der Waals surface area contributed by atoms with E-state index in [1.165, 1.54) is 36.5 Å². The molecule has 0 saturated heterocycles. The lowest BCUT2D eigenvalue weighted by molar-refractivity contribution is 0.0600. The van der Waals surface area contributed by atoms with E-state index in [1.807, 2.05) is 0 Å². The molecule has 27 heavy (non-hydrogen) atoms. The first-order valence-electron chi connectivity index (χ1n) is 7.67. The molecule has 0 saturated carbocycles. The van der Waals surface area contributed by atoms with Gasteiger partial charge in [-0.15, -0.1) is 22.7 Å². The Balaban J connectivity index is 1.94. The molecule has 7 nitrogen and oxygen atoms in total. The normalized spacial score (nSPS) is 13.1. The molecule has 0 atom stereocenters. The molecule has 0 bridgehead atoms. The summed E-state index contributed by atoms with van der Waals surface area (Å²) in [4.78, 5) is 39.0. The van der Waals surface area contributed by atoms with Crippen LogP contribution in [0.3, 0.4) is 0 Å². The number of thiophene rings is 2. The molecule has 0 aromatic carbocycles. The van der Waals surface area contributed by atoms with Crippen LogP contribution in [0.25, 0.3) is 0 Å². The molecule has 0 aliphatic carbocycles. The maximum atomic E-state index is 12.6. The third-order valence-corrected chi connectivity index (χ3v) is 6.63. The Morgan fingerprint density at radius 1 is 1.19 bits per heavy atom. The number of methoxy groups -OCH3 is 2. The summed E-state index contributed by atoms with van der Waals surface area (Å²) >= 11 is 14.2. The van der Waals surface area contributed by atoms with Crippen molar-refractivity contribution in [2.45, 2.75) is 13.0 Å². The Bertz CT molecular complexity index is 924. The minimum Gasteiger partial charge on any atom is -0.465 e. The van der Waals surface area contributed by atoms with Crippen LogP contribution in [0.1, 0.15) is 31.2 Å². The van der Waals surface area contributed by atoms with Gasteiger partial charge in [0.1, 0.15) is 9.34 Å². The Morgan fingerprint density at radius 3 is 2.52 bits per heavy atom. The monoisotopic (exact) mass is 448 g/mol. The van der Waals surface area contributed by atoms with E-state index in [1.54, 1.807) is 0 Å². The van der Waals surface area contributed by atoms with Crippen molar-refractivity contribution in [1.82, 2.24) is 4.90 Å². The molecule has 2 aromatic rings. The van der Waals surface area contributed by atoms with Crippen LogP contribution in [0.5, 0.6) is 0 Å². The highest BCUT2D eigenvalue weighted by atomic mass is 35.5. The van der Waals surface area contributed by atoms with Crippen LogP contribution in [-0.2, 0) is 22.4 Å². The number of nitrogens with zero attached hydrogens (tertiary/aromatic N) is 1. The molecule has 3 rings (SSSR count). The third kappa shape index (κ3) is 3.91. The van der Waals surface area contributed by atoms with Crippen molar-refractivity contribution in [2.75, 3.05) is 26.1 Å². The molecular formula is C16H14Cl2N2O5S2. The van der Waals surface area contributed by atoms with Crippen molar-refractivity contribution in [2.24, 2.45) is 0 Å². The number of nitrogens with one attached hydrogen (secondary N) is 1. The molecule has 0 fully saturated rings. The van der Waals surface area contributed by atoms with Gasteiger partial charge in [0.25, 0.3) is 5.91 Å². The summed E-state index contributed by atoms with van der Waals surface area (Å²) in [6.07, 6.45) is 0.00525. The summed E-state index contributed by atoms with van der Waals surface area (Å²) in [7, 11) is 2.59. The number of halogens is 2. The molecule has 144 valence electrons. The highest BCUT2D eigenvalue weighted by Crippen LogP contribution is 2.39. The second-order valence-electron chi connectivity index (χ2n) is 5.53. The minimum atomic E-state index is -0.552. The molecule has 2 aromatic heterocycles. The van der Waals surface area contributed by atoms with Crippen molar-refractivity contribution < 1.29 is 23.9 Å². The topological polar surface area (TPSA) is 84.9 Å². The number of carbonyl (C=O) groups is 3. The maximum Gasteiger partial charge on any atom is 0.409 e. The zero-order valence-corrected chi connectivity index (χ0v) is 17.4. The first-order chi connectivity index (χ1) is 12.8. The number of esters is 1. The van der Waals surface area contributed by atoms with Gasteiger partial charge >= 0.3 is 12.1 Å². The van der Waals surface area contributed by atoms with Gasteiger partial charge in [-0.3, -0.25) is 4.79 Å². The predicted octanol–water partition coefficient (Wildman–Crippen LogP) is 4.28. The molecule has 1 aliphatic rings. The summed E-state index contributed by atoms with van der Waals surface area (Å²) < 4.78 is 10.3. The Hall–Kier alpha value is -1.81. The first-order valence-corrected chi connectivity index (χ1v) is 10.1. The summed E-state index contributed by atoms with van der Waals surface area (Å²) in [6, 6.07) is 1.47. The van der Waals surface area contributed by atoms with Gasteiger partial charge in [0.15, 0.2) is 0 Å². The fraction of sp³-hybridized carbons (Fsp3) is 0.312. The van der Waals surface area contributed by atoms with Gasteiger partial charge in [-0.05, 0) is 18.1 Å². The van der Waals surface area contributed by atoms with Crippen LogP contribution in [-0.4, -0.2) is 43.6 Å². The number of ether oxygens (including phenoxy) is 2. The summed E-state index contributed by atoms with van der Waals surface area (Å²) in [5.41, 5.74) is 1.29. The van der Waals surface area contributed by atoms with Crippen molar-refractivity contribution >= 4 is 68.8 Å². The van der Waals surface area contributed by atoms with E-state index in [-0.39, 0.29) is 16.4 Å². The van der Waals surface area contributed by atoms with E-state index < -0.39 is 18.0 Å². The van der Waals surface area contributed by atoms with Gasteiger partial charge in [0.2, 0.25) is 0 Å². The molecule has 2 amide bonds. The van der Waals surface area contributed by atoms with Crippen LogP contribution >= 0.6 is 45.9 Å². The molecule has 1 aliphatic heterocycles. The minimum absolute atomic E-state index is 0.227. The standard InChI is InChI=1S/C16H14Cl2N2O5S2/c1-24-15(22)11-7-3-4-20(16(23)25-2)6-9(7)26-14(11)19-13(21)8-5-10(17)27-12(8)18/h5H,3-4,6H2,1-2H3,(H,19,21). The van der Waals surface area contributed by atoms with E-state index >= 15 is 0 Å². The fourth-order valence-corrected chi connectivity index (χ4v) is 5.46. The predicted molar refractivity (Wildman–Crippen MR) is 104 cm³/mol. The smallest absolute Gasteiger partial charge is 0.409 e. The van der Waals surface area contributed by atoms with Gasteiger partial charge in [-0.2, -0.15) is 0 Å². The van der Waals surface area contributed by atoms with Gasteiger partial charge in [-0.1, -0.05) is 23.2 Å². The number of hydrogen-bond acceptors (Lipinski definition) is 7. The number of hydrogen-bond donors (Lipinski definition) is 1. The number of fused-ring (bicyclic) bond motifs is 1. The molecule has 3 heterocycles. The van der Waals surface area contributed by atoms with Crippen molar-refractivity contribution in [3.8, 4) is 0 Å². The maximum absolute atomic E-state index is 12.6. The molecule has 1 N–H and O–H groups in total. The van der Waals surface area contributed by atoms with Gasteiger partial charge in [0, 0.05) is 11.4 Å². The van der Waals surface area contributed by atoms with Crippen LogP contribution in [0.4, 0.5) is 9.80 Å². The highest BCUT2D eigenvalue weighted by molar-refractivity contribution is 7.20. The second kappa shape index (κ2) is 8.05. The quantitative estimate of drug-likeness (QED) is 0.708. The van der Waals surface area contributed by atoms with Crippen LogP contribution in [0, 0.1) is 0 Å². The molecule has 0 spiro atoms. The average Bonchev–Trinajstić information content (AvgIpc) is 3.18. The SMILES string of the molecule is COC(=O)c1c(NC(=O)c2cc(Cl)sc2Cl)sc2c1CCN(C(=O)OC)C2. The molecule has 11 heteroatoms. The summed E-state index contributed by atoms with van der Waals surface area (Å²) in [5, 5.41) is 3.07. The lowest BCUT2D eigenvalue weighted by Gasteiger charge is -2.25. The molecule has 0 unspecified atom stereocenters. The van der Waals surface area contributed by atoms with E-state index in [0.717, 1.165) is 21.8 Å². The molecular weight excluding hydrogens is 435 g/mol. The zero-order valence-electron chi connectivity index (χ0n) is 14.3. The van der Waals surface area contributed by atoms with Crippen molar-refractivity contribution in [3.63, 3.8) is 0 Å². The zero-order chi connectivity index (χ0) is 19.7. The summed E-state index contributed by atoms with van der Waals surface area (Å²) in [6.45, 7) is 0.692. The number of rotatable bonds is 3. The summed E-state index contributed by atoms with van der Waals surface area (Å²) in [5.74, 6) is -1.03. The average molecular weight is 449 g/mol. The Morgan fingerprint density at radius 2 is 1.93 bits per heavy atom. The molecule has 0 radical (unpaired) electrons. The van der Waals surface area contributed by atoms with Gasteiger partial charge in [-0.25, -0.2) is 9.59 Å². The van der Waals surface area contributed by atoms with E-state index in [2.05, 4.69) is 5.32 Å². The number of anilines is 1. The number of carbonyl (C=O) groups excluding carboxylic acids is 3. The van der Waals surface area contributed by atoms with Crippen molar-refractivity contribution in [1.29, 1.82) is 0 Å². The fourth-order valence-electron chi connectivity index (χ4n) is 2.76. The van der Waals surface area contributed by atoms with Crippen molar-refractivity contribution in [3.05, 3.63) is 36.3 Å².